The van der Waals surface area contributed by atoms with Crippen molar-refractivity contribution >= 4 is 28.4 Å². The van der Waals surface area contributed by atoms with Gasteiger partial charge in [-0.25, -0.2) is 4.98 Å². The summed E-state index contributed by atoms with van der Waals surface area (Å²) in [7, 11) is 1.60. The van der Waals surface area contributed by atoms with Gasteiger partial charge in [0, 0.05) is 10.9 Å². The minimum atomic E-state index is 0.148. The van der Waals surface area contributed by atoms with Crippen LogP contribution in [0, 0.1) is 5.41 Å². The largest absolute Gasteiger partial charge is 0.510 e. The number of rotatable bonds is 4. The van der Waals surface area contributed by atoms with E-state index in [1.807, 2.05) is 60.0 Å². The average molecular weight is 363 g/mol. The number of ether oxygens (including phenoxy) is 1. The maximum Gasteiger partial charge on any atom is 0.142 e. The van der Waals surface area contributed by atoms with Gasteiger partial charge < -0.3 is 14.7 Å². The average Bonchev–Trinajstić information content (AvgIpc) is 3.27. The molecule has 2 heterocycles. The number of hydrogen-bond acceptors (Lipinski definition) is 5. The Hall–Kier alpha value is -3.12. The third kappa shape index (κ3) is 2.74. The van der Waals surface area contributed by atoms with Crippen molar-refractivity contribution < 1.29 is 9.84 Å². The van der Waals surface area contributed by atoms with Crippen LogP contribution in [-0.2, 0) is 0 Å². The zero-order chi connectivity index (χ0) is 18.1. The molecule has 1 aliphatic heterocycles. The number of aliphatic hydroxyl groups excluding tert-OH is 1. The third-order valence-corrected chi connectivity index (χ3v) is 5.13. The molecule has 5 nitrogen and oxygen atoms in total. The second-order valence-electron chi connectivity index (χ2n) is 5.83. The smallest absolute Gasteiger partial charge is 0.142 e. The first-order valence-electron chi connectivity index (χ1n) is 8.12. The van der Waals surface area contributed by atoms with Gasteiger partial charge in [-0.15, -0.1) is 11.3 Å². The number of nitrogens with one attached hydrogen (secondary N) is 1. The number of para-hydroxylation sites is 2. The fourth-order valence-corrected chi connectivity index (χ4v) is 3.89. The molecule has 0 spiro atoms. The van der Waals surface area contributed by atoms with Gasteiger partial charge in [0.05, 0.1) is 30.6 Å². The molecule has 2 N–H and O–H groups in total. The summed E-state index contributed by atoms with van der Waals surface area (Å²) < 4.78 is 5.39. The first kappa shape index (κ1) is 16.4. The van der Waals surface area contributed by atoms with Crippen molar-refractivity contribution in [1.29, 1.82) is 5.41 Å². The van der Waals surface area contributed by atoms with Gasteiger partial charge in [0.1, 0.15) is 22.4 Å². The molecule has 6 heteroatoms. The van der Waals surface area contributed by atoms with Gasteiger partial charge in [-0.2, -0.15) is 0 Å². The van der Waals surface area contributed by atoms with Crippen molar-refractivity contribution in [2.75, 3.05) is 18.6 Å². The van der Waals surface area contributed by atoms with Crippen LogP contribution < -0.4 is 9.64 Å². The van der Waals surface area contributed by atoms with E-state index in [4.69, 9.17) is 10.1 Å². The van der Waals surface area contributed by atoms with Gasteiger partial charge in [-0.3, -0.25) is 5.41 Å². The summed E-state index contributed by atoms with van der Waals surface area (Å²) in [6.07, 6.45) is 0. The zero-order valence-corrected chi connectivity index (χ0v) is 15.0. The maximum atomic E-state index is 10.5. The van der Waals surface area contributed by atoms with Gasteiger partial charge in [0.15, 0.2) is 0 Å². The lowest BCUT2D eigenvalue weighted by molar-refractivity contribution is 0.407. The first-order valence-corrected chi connectivity index (χ1v) is 9.00. The number of aliphatic hydroxyl groups is 1. The quantitative estimate of drug-likeness (QED) is 0.711. The second kappa shape index (κ2) is 6.65. The third-order valence-electron chi connectivity index (χ3n) is 4.27. The summed E-state index contributed by atoms with van der Waals surface area (Å²) in [5.41, 5.74) is 3.08. The van der Waals surface area contributed by atoms with E-state index in [1.54, 1.807) is 12.0 Å². The molecule has 0 unspecified atom stereocenters. The number of amidine groups is 1. The molecule has 2 aromatic carbocycles. The molecule has 1 aromatic heterocycles. The van der Waals surface area contributed by atoms with E-state index >= 15 is 0 Å². The van der Waals surface area contributed by atoms with Crippen LogP contribution in [-0.4, -0.2) is 29.6 Å². The van der Waals surface area contributed by atoms with Gasteiger partial charge >= 0.3 is 0 Å². The van der Waals surface area contributed by atoms with Crippen molar-refractivity contribution in [2.24, 2.45) is 0 Å². The molecule has 0 radical (unpaired) electrons. The van der Waals surface area contributed by atoms with Crippen LogP contribution in [0.2, 0.25) is 0 Å². The number of thiazole rings is 1. The Morgan fingerprint density at radius 2 is 1.85 bits per heavy atom. The van der Waals surface area contributed by atoms with Crippen molar-refractivity contribution in [1.82, 2.24) is 4.98 Å². The zero-order valence-electron chi connectivity index (χ0n) is 14.1. The predicted octanol–water partition coefficient (Wildman–Crippen LogP) is 4.59. The van der Waals surface area contributed by atoms with Crippen molar-refractivity contribution in [3.63, 3.8) is 0 Å². The predicted molar refractivity (Wildman–Crippen MR) is 105 cm³/mol. The molecule has 0 aliphatic carbocycles. The Morgan fingerprint density at radius 3 is 2.62 bits per heavy atom. The molecule has 0 bridgehead atoms. The van der Waals surface area contributed by atoms with Crippen molar-refractivity contribution in [3.05, 3.63) is 70.7 Å². The van der Waals surface area contributed by atoms with E-state index < -0.39 is 0 Å². The molecule has 4 rings (SSSR count). The normalized spacial score (nSPS) is 14.2. The van der Waals surface area contributed by atoms with E-state index in [1.165, 1.54) is 11.3 Å². The van der Waals surface area contributed by atoms with Gasteiger partial charge in [0.2, 0.25) is 0 Å². The molecular formula is C20H17N3O2S. The number of benzene rings is 2. The lowest BCUT2D eigenvalue weighted by Crippen LogP contribution is -2.26. The number of nitrogens with zero attached hydrogens (tertiary/aromatic N) is 2. The van der Waals surface area contributed by atoms with Crippen LogP contribution in [0.3, 0.4) is 0 Å². The summed E-state index contributed by atoms with van der Waals surface area (Å²) in [6.45, 7) is 0.231. The van der Waals surface area contributed by atoms with E-state index in [0.717, 1.165) is 16.9 Å². The van der Waals surface area contributed by atoms with Crippen LogP contribution in [0.4, 0.5) is 5.69 Å². The highest BCUT2D eigenvalue weighted by atomic mass is 32.1. The van der Waals surface area contributed by atoms with Gasteiger partial charge in [-0.05, 0) is 12.1 Å². The minimum absolute atomic E-state index is 0.148. The van der Waals surface area contributed by atoms with E-state index in [9.17, 15) is 5.11 Å². The summed E-state index contributed by atoms with van der Waals surface area (Å²) in [5, 5.41) is 21.7. The lowest BCUT2D eigenvalue weighted by atomic mass is 10.2. The van der Waals surface area contributed by atoms with E-state index in [2.05, 4.69) is 4.98 Å². The molecule has 26 heavy (non-hydrogen) atoms. The number of anilines is 1. The Balaban J connectivity index is 1.67. The Bertz CT molecular complexity index is 995. The molecular weight excluding hydrogens is 346 g/mol. The number of methoxy groups -OCH3 is 1. The molecule has 130 valence electrons. The van der Waals surface area contributed by atoms with E-state index in [-0.39, 0.29) is 18.1 Å². The van der Waals surface area contributed by atoms with Crippen LogP contribution >= 0.6 is 11.3 Å². The van der Waals surface area contributed by atoms with E-state index in [0.29, 0.717) is 16.3 Å². The maximum absolute atomic E-state index is 10.5. The Morgan fingerprint density at radius 1 is 1.12 bits per heavy atom. The molecule has 0 atom stereocenters. The highest BCUT2D eigenvalue weighted by Gasteiger charge is 2.32. The molecule has 0 fully saturated rings. The molecule has 0 saturated heterocycles. The molecule has 0 saturated carbocycles. The van der Waals surface area contributed by atoms with Crippen LogP contribution in [0.5, 0.6) is 5.75 Å². The van der Waals surface area contributed by atoms with Crippen molar-refractivity contribution in [3.8, 4) is 17.0 Å². The van der Waals surface area contributed by atoms with Gasteiger partial charge in [0.25, 0.3) is 0 Å². The highest BCUT2D eigenvalue weighted by molar-refractivity contribution is 7.11. The molecule has 0 amide bonds. The van der Waals surface area contributed by atoms with Crippen molar-refractivity contribution in [2.45, 2.75) is 0 Å². The summed E-state index contributed by atoms with van der Waals surface area (Å²) >= 11 is 1.43. The molecule has 1 aliphatic rings. The fourth-order valence-electron chi connectivity index (χ4n) is 2.99. The minimum Gasteiger partial charge on any atom is -0.510 e. The summed E-state index contributed by atoms with van der Waals surface area (Å²) in [6, 6.07) is 17.4. The first-order chi connectivity index (χ1) is 12.7. The standard InChI is InChI=1S/C20H17N3O2S/c1-25-17-10-6-5-9-15(17)23-11-16(24)18(19(23)21)20-22-14(12-26-20)13-7-3-2-4-8-13/h2-10,12,21,24H,11H2,1H3. The van der Waals surface area contributed by atoms with Crippen LogP contribution in [0.15, 0.2) is 65.7 Å². The Labute approximate surface area is 155 Å². The Kier molecular flexibility index (Phi) is 4.18. The monoisotopic (exact) mass is 363 g/mol. The van der Waals surface area contributed by atoms with Gasteiger partial charge in [-0.1, -0.05) is 42.5 Å². The van der Waals surface area contributed by atoms with Crippen LogP contribution in [0.25, 0.3) is 16.8 Å². The highest BCUT2D eigenvalue weighted by Crippen LogP contribution is 2.37. The SMILES string of the molecule is COc1ccccc1N1CC(O)=C(c2nc(-c3ccccc3)cs2)C1=N. The summed E-state index contributed by atoms with van der Waals surface area (Å²) in [4.78, 5) is 6.37. The molecule has 3 aromatic rings. The second-order valence-corrected chi connectivity index (χ2v) is 6.69. The topological polar surface area (TPSA) is 69.4 Å². The number of aromatic nitrogens is 1. The number of hydrogen-bond donors (Lipinski definition) is 2. The van der Waals surface area contributed by atoms with Crippen LogP contribution in [0.1, 0.15) is 5.01 Å². The fraction of sp³-hybridized carbons (Fsp3) is 0.100. The lowest BCUT2D eigenvalue weighted by Gasteiger charge is -2.21. The summed E-state index contributed by atoms with van der Waals surface area (Å²) in [5.74, 6) is 1.03.